The van der Waals surface area contributed by atoms with Gasteiger partial charge in [-0.15, -0.1) is 0 Å². The van der Waals surface area contributed by atoms with E-state index in [1.807, 2.05) is 0 Å². The Morgan fingerprint density at radius 3 is 2.39 bits per heavy atom. The molecule has 4 aliphatic rings. The molecule has 0 atom stereocenters. The van der Waals surface area contributed by atoms with E-state index in [0.717, 1.165) is 19.3 Å². The predicted octanol–water partition coefficient (Wildman–Crippen LogP) is 2.19. The van der Waals surface area contributed by atoms with E-state index in [0.29, 0.717) is 23.5 Å². The van der Waals surface area contributed by atoms with Crippen molar-refractivity contribution in [1.82, 2.24) is 10.5 Å². The van der Waals surface area contributed by atoms with Gasteiger partial charge in [0.2, 0.25) is 5.91 Å². The molecule has 1 aromatic heterocycles. The number of hydrogen-bond donors (Lipinski definition) is 2. The Labute approximate surface area is 163 Å². The van der Waals surface area contributed by atoms with E-state index >= 15 is 0 Å². The van der Waals surface area contributed by atoms with Crippen LogP contribution in [0.1, 0.15) is 50.7 Å². The van der Waals surface area contributed by atoms with Crippen LogP contribution in [0.3, 0.4) is 0 Å². The van der Waals surface area contributed by atoms with E-state index in [-0.39, 0.29) is 30.1 Å². The quantitative estimate of drug-likeness (QED) is 0.692. The Kier molecular flexibility index (Phi) is 5.12. The third kappa shape index (κ3) is 4.05. The van der Waals surface area contributed by atoms with Crippen molar-refractivity contribution in [3.8, 4) is 0 Å². The summed E-state index contributed by atoms with van der Waals surface area (Å²) in [7, 11) is 0. The summed E-state index contributed by atoms with van der Waals surface area (Å²) in [6, 6.07) is 1.57. The fourth-order valence-electron chi connectivity index (χ4n) is 5.68. The maximum absolute atomic E-state index is 12.8. The molecule has 0 aromatic carbocycles. The van der Waals surface area contributed by atoms with Crippen LogP contribution in [-0.4, -0.2) is 36.1 Å². The van der Waals surface area contributed by atoms with Gasteiger partial charge < -0.3 is 19.9 Å². The number of nitrogens with zero attached hydrogens (tertiary/aromatic N) is 1. The first-order valence-corrected chi connectivity index (χ1v) is 10.1. The van der Waals surface area contributed by atoms with Crippen molar-refractivity contribution < 1.29 is 23.6 Å². The van der Waals surface area contributed by atoms with Crippen LogP contribution in [-0.2, 0) is 19.1 Å². The number of ether oxygens (including phenoxy) is 1. The van der Waals surface area contributed by atoms with Crippen LogP contribution in [0.5, 0.6) is 0 Å². The zero-order valence-corrected chi connectivity index (χ0v) is 16.2. The maximum atomic E-state index is 12.8. The van der Waals surface area contributed by atoms with Gasteiger partial charge in [0.25, 0.3) is 5.91 Å². The van der Waals surface area contributed by atoms with E-state index in [1.165, 1.54) is 19.3 Å². The molecule has 152 valence electrons. The number of carbonyl (C=O) groups is 3. The van der Waals surface area contributed by atoms with Crippen LogP contribution >= 0.6 is 0 Å². The number of aromatic nitrogens is 1. The van der Waals surface area contributed by atoms with Gasteiger partial charge in [-0.25, -0.2) is 0 Å². The standard InChI is InChI=1S/C20H27N3O5/c1-12-4-16(23-28-12)22-17(24)11-27-18(25)2-3-21-19(26)20-8-13-5-14(9-20)7-15(6-13)10-20/h4,13-15H,2-3,5-11H2,1H3,(H,21,26)(H,22,23,24). The molecule has 4 aliphatic carbocycles. The van der Waals surface area contributed by atoms with Crippen molar-refractivity contribution in [3.63, 3.8) is 0 Å². The van der Waals surface area contributed by atoms with Gasteiger partial charge in [0.15, 0.2) is 12.4 Å². The summed E-state index contributed by atoms with van der Waals surface area (Å²) in [4.78, 5) is 36.4. The highest BCUT2D eigenvalue weighted by Crippen LogP contribution is 2.60. The SMILES string of the molecule is Cc1cc(NC(=O)COC(=O)CCNC(=O)C23CC4CC(CC(C4)C2)C3)no1. The number of rotatable bonds is 7. The lowest BCUT2D eigenvalue weighted by atomic mass is 9.49. The molecule has 4 bridgehead atoms. The lowest BCUT2D eigenvalue weighted by molar-refractivity contribution is -0.148. The highest BCUT2D eigenvalue weighted by molar-refractivity contribution is 5.92. The van der Waals surface area contributed by atoms with Gasteiger partial charge in [0.1, 0.15) is 5.76 Å². The Morgan fingerprint density at radius 2 is 1.82 bits per heavy atom. The Morgan fingerprint density at radius 1 is 1.18 bits per heavy atom. The molecule has 0 saturated heterocycles. The van der Waals surface area contributed by atoms with Crippen molar-refractivity contribution in [2.75, 3.05) is 18.5 Å². The van der Waals surface area contributed by atoms with E-state index in [1.54, 1.807) is 13.0 Å². The highest BCUT2D eigenvalue weighted by atomic mass is 16.5. The van der Waals surface area contributed by atoms with Crippen LogP contribution in [0, 0.1) is 30.1 Å². The molecule has 4 fully saturated rings. The third-order valence-corrected chi connectivity index (χ3v) is 6.39. The Hall–Kier alpha value is -2.38. The highest BCUT2D eigenvalue weighted by Gasteiger charge is 2.54. The molecule has 1 heterocycles. The second kappa shape index (κ2) is 7.56. The van der Waals surface area contributed by atoms with Crippen molar-refractivity contribution in [3.05, 3.63) is 11.8 Å². The van der Waals surface area contributed by atoms with Gasteiger partial charge >= 0.3 is 5.97 Å². The molecular weight excluding hydrogens is 362 g/mol. The molecule has 2 amide bonds. The van der Waals surface area contributed by atoms with Gasteiger partial charge in [-0.05, 0) is 63.2 Å². The lowest BCUT2D eigenvalue weighted by Crippen LogP contribution is -2.53. The first-order valence-electron chi connectivity index (χ1n) is 10.1. The summed E-state index contributed by atoms with van der Waals surface area (Å²) >= 11 is 0. The molecule has 5 rings (SSSR count). The van der Waals surface area contributed by atoms with E-state index in [2.05, 4.69) is 15.8 Å². The monoisotopic (exact) mass is 389 g/mol. The summed E-state index contributed by atoms with van der Waals surface area (Å²) in [5, 5.41) is 9.05. The van der Waals surface area contributed by atoms with Gasteiger partial charge in [0, 0.05) is 18.0 Å². The van der Waals surface area contributed by atoms with Crippen LogP contribution in [0.4, 0.5) is 5.82 Å². The molecule has 1 aromatic rings. The van der Waals surface area contributed by atoms with Crippen molar-refractivity contribution in [2.45, 2.75) is 51.9 Å². The average molecular weight is 389 g/mol. The lowest BCUT2D eigenvalue weighted by Gasteiger charge is -2.55. The zero-order chi connectivity index (χ0) is 19.7. The summed E-state index contributed by atoms with van der Waals surface area (Å²) in [6.45, 7) is 1.55. The molecule has 28 heavy (non-hydrogen) atoms. The van der Waals surface area contributed by atoms with Crippen molar-refractivity contribution in [1.29, 1.82) is 0 Å². The van der Waals surface area contributed by atoms with Gasteiger partial charge in [-0.3, -0.25) is 14.4 Å². The van der Waals surface area contributed by atoms with E-state index < -0.39 is 18.5 Å². The zero-order valence-electron chi connectivity index (χ0n) is 16.2. The van der Waals surface area contributed by atoms with Crippen molar-refractivity contribution >= 4 is 23.6 Å². The molecule has 8 heteroatoms. The van der Waals surface area contributed by atoms with E-state index in [9.17, 15) is 14.4 Å². The molecule has 2 N–H and O–H groups in total. The number of anilines is 1. The van der Waals surface area contributed by atoms with Crippen LogP contribution in [0.25, 0.3) is 0 Å². The van der Waals surface area contributed by atoms with Crippen molar-refractivity contribution in [2.24, 2.45) is 23.2 Å². The van der Waals surface area contributed by atoms with Gasteiger partial charge in [0.05, 0.1) is 6.42 Å². The molecule has 0 aliphatic heterocycles. The van der Waals surface area contributed by atoms with Crippen LogP contribution < -0.4 is 10.6 Å². The fourth-order valence-corrected chi connectivity index (χ4v) is 5.68. The second-order valence-electron chi connectivity index (χ2n) is 8.74. The van der Waals surface area contributed by atoms with E-state index in [4.69, 9.17) is 9.26 Å². The molecule has 4 saturated carbocycles. The average Bonchev–Trinajstić information content (AvgIpc) is 3.03. The van der Waals surface area contributed by atoms with Gasteiger partial charge in [-0.2, -0.15) is 0 Å². The largest absolute Gasteiger partial charge is 0.456 e. The topological polar surface area (TPSA) is 111 Å². The Balaban J connectivity index is 1.16. The van der Waals surface area contributed by atoms with Gasteiger partial charge in [-0.1, -0.05) is 5.16 Å². The number of carbonyl (C=O) groups excluding carboxylic acids is 3. The van der Waals surface area contributed by atoms with Crippen LogP contribution in [0.2, 0.25) is 0 Å². The van der Waals surface area contributed by atoms with Crippen LogP contribution in [0.15, 0.2) is 10.6 Å². The number of aryl methyl sites for hydroxylation is 1. The normalized spacial score (nSPS) is 30.1. The first kappa shape index (κ1) is 19.0. The fraction of sp³-hybridized carbons (Fsp3) is 0.700. The number of nitrogens with one attached hydrogen (secondary N) is 2. The smallest absolute Gasteiger partial charge is 0.308 e. The Bertz CT molecular complexity index is 736. The minimum Gasteiger partial charge on any atom is -0.456 e. The molecule has 0 spiro atoms. The summed E-state index contributed by atoms with van der Waals surface area (Å²) in [5.41, 5.74) is -0.214. The molecule has 0 radical (unpaired) electrons. The molecule has 8 nitrogen and oxygen atoms in total. The maximum Gasteiger partial charge on any atom is 0.308 e. The minimum absolute atomic E-state index is 0.0501. The summed E-state index contributed by atoms with van der Waals surface area (Å²) in [6.07, 6.45) is 6.90. The molecular formula is C20H27N3O5. The molecule has 0 unspecified atom stereocenters. The summed E-state index contributed by atoms with van der Waals surface area (Å²) < 4.78 is 9.79. The second-order valence-corrected chi connectivity index (χ2v) is 8.74. The third-order valence-electron chi connectivity index (χ3n) is 6.39. The summed E-state index contributed by atoms with van der Waals surface area (Å²) in [5.74, 6) is 2.05. The number of esters is 1. The number of amides is 2. The number of hydrogen-bond acceptors (Lipinski definition) is 6. The first-order chi connectivity index (χ1) is 13.4. The predicted molar refractivity (Wildman–Crippen MR) is 99.1 cm³/mol. The minimum atomic E-state index is -0.516.